The summed E-state index contributed by atoms with van der Waals surface area (Å²) in [5.41, 5.74) is 1.07. The number of rotatable bonds is 8. The lowest BCUT2D eigenvalue weighted by molar-refractivity contribution is -0.124. The number of hydrogen-bond acceptors (Lipinski definition) is 6. The van der Waals surface area contributed by atoms with Crippen LogP contribution in [-0.2, 0) is 14.3 Å². The lowest BCUT2D eigenvalue weighted by Gasteiger charge is -2.25. The molecule has 33 heavy (non-hydrogen) atoms. The van der Waals surface area contributed by atoms with E-state index in [1.54, 1.807) is 63.2 Å². The maximum absolute atomic E-state index is 13.2. The van der Waals surface area contributed by atoms with E-state index < -0.39 is 29.9 Å². The largest absolute Gasteiger partial charge is 0.497 e. The predicted molar refractivity (Wildman–Crippen MR) is 122 cm³/mol. The van der Waals surface area contributed by atoms with Crippen molar-refractivity contribution in [1.29, 1.82) is 0 Å². The highest BCUT2D eigenvalue weighted by Crippen LogP contribution is 2.30. The Kier molecular flexibility index (Phi) is 7.32. The van der Waals surface area contributed by atoms with Crippen molar-refractivity contribution in [2.24, 2.45) is 0 Å². The second-order valence-electron chi connectivity index (χ2n) is 7.73. The number of imide groups is 1. The molecular weight excluding hydrogens is 426 g/mol. The highest BCUT2D eigenvalue weighted by atomic mass is 16.5. The molecule has 1 N–H and O–H groups in total. The van der Waals surface area contributed by atoms with Gasteiger partial charge in [-0.05, 0) is 51.1 Å². The van der Waals surface area contributed by atoms with Crippen molar-refractivity contribution in [2.75, 3.05) is 23.9 Å². The van der Waals surface area contributed by atoms with Crippen molar-refractivity contribution in [3.63, 3.8) is 0 Å². The van der Waals surface area contributed by atoms with E-state index in [9.17, 15) is 19.2 Å². The van der Waals surface area contributed by atoms with Gasteiger partial charge in [0, 0.05) is 17.8 Å². The van der Waals surface area contributed by atoms with Crippen LogP contribution in [0.25, 0.3) is 0 Å². The Bertz CT molecular complexity index is 1070. The number of anilines is 2. The third kappa shape index (κ3) is 5.14. The lowest BCUT2D eigenvalue weighted by Crippen LogP contribution is -2.42. The molecular formula is C24H27N3O6. The van der Waals surface area contributed by atoms with E-state index in [0.717, 1.165) is 4.90 Å². The van der Waals surface area contributed by atoms with Crippen LogP contribution in [0.4, 0.5) is 16.2 Å². The quantitative estimate of drug-likeness (QED) is 0.485. The van der Waals surface area contributed by atoms with Gasteiger partial charge in [-0.2, -0.15) is 0 Å². The Morgan fingerprint density at radius 3 is 2.48 bits per heavy atom. The molecule has 0 aliphatic carbocycles. The number of urea groups is 1. The standard InChI is InChI=1S/C24H27N3O6/c1-5-33-23(30)16-8-6-9-17(12-16)25-21(28)14-20-22(29)27(24(31)26(20)15(2)3)18-10-7-11-19(13-18)32-4/h6-13,15,20H,5,14H2,1-4H3,(H,25,28). The first kappa shape index (κ1) is 23.8. The number of esters is 1. The van der Waals surface area contributed by atoms with Crippen LogP contribution in [0.1, 0.15) is 37.6 Å². The first-order valence-corrected chi connectivity index (χ1v) is 10.6. The molecule has 1 heterocycles. The van der Waals surface area contributed by atoms with Crippen molar-refractivity contribution in [2.45, 2.75) is 39.3 Å². The van der Waals surface area contributed by atoms with Crippen molar-refractivity contribution < 1.29 is 28.7 Å². The summed E-state index contributed by atoms with van der Waals surface area (Å²) in [6.45, 7) is 5.52. The van der Waals surface area contributed by atoms with Crippen LogP contribution in [-0.4, -0.2) is 54.5 Å². The van der Waals surface area contributed by atoms with E-state index >= 15 is 0 Å². The molecule has 3 rings (SSSR count). The second-order valence-corrected chi connectivity index (χ2v) is 7.73. The summed E-state index contributed by atoms with van der Waals surface area (Å²) in [7, 11) is 1.50. The van der Waals surface area contributed by atoms with Crippen LogP contribution in [0.2, 0.25) is 0 Å². The lowest BCUT2D eigenvalue weighted by atomic mass is 10.1. The number of nitrogens with one attached hydrogen (secondary N) is 1. The van der Waals surface area contributed by atoms with E-state index in [-0.39, 0.29) is 19.1 Å². The Hall–Kier alpha value is -3.88. The molecule has 0 saturated carbocycles. The van der Waals surface area contributed by atoms with Crippen LogP contribution in [0.5, 0.6) is 5.75 Å². The van der Waals surface area contributed by atoms with Gasteiger partial charge in [0.2, 0.25) is 5.91 Å². The third-order valence-corrected chi connectivity index (χ3v) is 5.16. The van der Waals surface area contributed by atoms with Gasteiger partial charge in [-0.25, -0.2) is 14.5 Å². The summed E-state index contributed by atoms with van der Waals surface area (Å²) in [6, 6.07) is 11.2. The molecule has 1 aliphatic rings. The zero-order chi connectivity index (χ0) is 24.1. The SMILES string of the molecule is CCOC(=O)c1cccc(NC(=O)CC2C(=O)N(c3cccc(OC)c3)C(=O)N2C(C)C)c1. The normalized spacial score (nSPS) is 15.7. The molecule has 2 aromatic rings. The molecule has 0 radical (unpaired) electrons. The van der Waals surface area contributed by atoms with Crippen molar-refractivity contribution >= 4 is 35.2 Å². The molecule has 9 heteroatoms. The highest BCUT2D eigenvalue weighted by molar-refractivity contribution is 6.22. The second kappa shape index (κ2) is 10.2. The van der Waals surface area contributed by atoms with E-state index in [1.807, 2.05) is 0 Å². The minimum absolute atomic E-state index is 0.229. The molecule has 1 aliphatic heterocycles. The molecule has 4 amide bonds. The van der Waals surface area contributed by atoms with E-state index in [2.05, 4.69) is 5.32 Å². The molecule has 1 fully saturated rings. The third-order valence-electron chi connectivity index (χ3n) is 5.16. The molecule has 9 nitrogen and oxygen atoms in total. The number of hydrogen-bond donors (Lipinski definition) is 1. The van der Waals surface area contributed by atoms with Crippen molar-refractivity contribution in [3.05, 3.63) is 54.1 Å². The van der Waals surface area contributed by atoms with Gasteiger partial charge in [0.15, 0.2) is 0 Å². The number of carbonyl (C=O) groups is 4. The topological polar surface area (TPSA) is 105 Å². The molecule has 174 valence electrons. The minimum Gasteiger partial charge on any atom is -0.497 e. The smallest absolute Gasteiger partial charge is 0.338 e. The molecule has 0 bridgehead atoms. The molecule has 2 aromatic carbocycles. The van der Waals surface area contributed by atoms with Crippen molar-refractivity contribution in [3.8, 4) is 5.75 Å². The fourth-order valence-electron chi connectivity index (χ4n) is 3.69. The molecule has 0 spiro atoms. The molecule has 1 atom stereocenters. The Morgan fingerprint density at radius 2 is 1.82 bits per heavy atom. The summed E-state index contributed by atoms with van der Waals surface area (Å²) in [4.78, 5) is 53.5. The Morgan fingerprint density at radius 1 is 1.09 bits per heavy atom. The number of carbonyl (C=O) groups excluding carboxylic acids is 4. The minimum atomic E-state index is -0.961. The first-order valence-electron chi connectivity index (χ1n) is 10.6. The first-order chi connectivity index (χ1) is 15.8. The van der Waals surface area contributed by atoms with Crippen LogP contribution < -0.4 is 15.0 Å². The summed E-state index contributed by atoms with van der Waals surface area (Å²) >= 11 is 0. The van der Waals surface area contributed by atoms with Crippen molar-refractivity contribution in [1.82, 2.24) is 4.90 Å². The van der Waals surface area contributed by atoms with E-state index in [1.165, 1.54) is 18.1 Å². The van der Waals surface area contributed by atoms with Gasteiger partial charge in [-0.1, -0.05) is 12.1 Å². The van der Waals surface area contributed by atoms with Gasteiger partial charge < -0.3 is 19.7 Å². The van der Waals surface area contributed by atoms with Crippen LogP contribution in [0.15, 0.2) is 48.5 Å². The van der Waals surface area contributed by atoms with Gasteiger partial charge in [-0.15, -0.1) is 0 Å². The Balaban J connectivity index is 1.79. The molecule has 0 aromatic heterocycles. The average molecular weight is 453 g/mol. The van der Waals surface area contributed by atoms with Gasteiger partial charge in [0.25, 0.3) is 5.91 Å². The van der Waals surface area contributed by atoms with Gasteiger partial charge in [0.1, 0.15) is 11.8 Å². The van der Waals surface area contributed by atoms with Crippen LogP contribution in [0.3, 0.4) is 0 Å². The zero-order valence-electron chi connectivity index (χ0n) is 19.0. The summed E-state index contributed by atoms with van der Waals surface area (Å²) < 4.78 is 10.2. The number of ether oxygens (including phenoxy) is 2. The van der Waals surface area contributed by atoms with Gasteiger partial charge >= 0.3 is 12.0 Å². The van der Waals surface area contributed by atoms with E-state index in [0.29, 0.717) is 22.7 Å². The van der Waals surface area contributed by atoms with Gasteiger partial charge in [0.05, 0.1) is 31.4 Å². The highest BCUT2D eigenvalue weighted by Gasteiger charge is 2.47. The van der Waals surface area contributed by atoms with Gasteiger partial charge in [-0.3, -0.25) is 9.59 Å². The number of nitrogens with zero attached hydrogens (tertiary/aromatic N) is 2. The average Bonchev–Trinajstić information content (AvgIpc) is 3.03. The van der Waals surface area contributed by atoms with Crippen LogP contribution in [0, 0.1) is 0 Å². The number of amides is 4. The number of methoxy groups -OCH3 is 1. The molecule has 1 unspecified atom stereocenters. The molecule has 1 saturated heterocycles. The maximum atomic E-state index is 13.2. The monoisotopic (exact) mass is 453 g/mol. The number of benzene rings is 2. The summed E-state index contributed by atoms with van der Waals surface area (Å²) in [5.74, 6) is -0.936. The van der Waals surface area contributed by atoms with Crippen LogP contribution >= 0.6 is 0 Å². The zero-order valence-corrected chi connectivity index (χ0v) is 19.0. The predicted octanol–water partition coefficient (Wildman–Crippen LogP) is 3.45. The fraction of sp³-hybridized carbons (Fsp3) is 0.333. The summed E-state index contributed by atoms with van der Waals surface area (Å²) in [5, 5.41) is 2.70. The Labute approximate surface area is 192 Å². The fourth-order valence-corrected chi connectivity index (χ4v) is 3.69. The maximum Gasteiger partial charge on any atom is 0.338 e. The summed E-state index contributed by atoms with van der Waals surface area (Å²) in [6.07, 6.45) is -0.229. The van der Waals surface area contributed by atoms with E-state index in [4.69, 9.17) is 9.47 Å².